The van der Waals surface area contributed by atoms with Crippen molar-refractivity contribution < 1.29 is 18.9 Å². The Kier molecular flexibility index (Phi) is 6.98. The molecular formula is C24H36O4. The van der Waals surface area contributed by atoms with Gasteiger partial charge in [0.05, 0.1) is 24.4 Å². The number of rotatable bonds is 7. The van der Waals surface area contributed by atoms with Crippen molar-refractivity contribution in [3.63, 3.8) is 0 Å². The summed E-state index contributed by atoms with van der Waals surface area (Å²) in [5, 5.41) is 0. The second-order valence-corrected chi connectivity index (χ2v) is 9.00. The standard InChI is InChI=1S/C24H36O4/c1-6-19-15-21(27-23(2,3)25-19)17-22-16-20(26-24(4,5)28-22)14-10-13-18-11-8-7-9-12-18/h6-9,11-12,19-22H,1,10,13-17H2,2-5H3. The number of hydrogen-bond donors (Lipinski definition) is 0. The quantitative estimate of drug-likeness (QED) is 0.586. The van der Waals surface area contributed by atoms with Gasteiger partial charge in [0.1, 0.15) is 0 Å². The zero-order chi connectivity index (χ0) is 20.2. The molecule has 0 saturated carbocycles. The molecule has 2 aliphatic heterocycles. The van der Waals surface area contributed by atoms with Gasteiger partial charge in [0, 0.05) is 19.3 Å². The van der Waals surface area contributed by atoms with Crippen molar-refractivity contribution in [1.82, 2.24) is 0 Å². The molecule has 28 heavy (non-hydrogen) atoms. The molecule has 1 aromatic carbocycles. The molecule has 4 nitrogen and oxygen atoms in total. The van der Waals surface area contributed by atoms with Crippen molar-refractivity contribution >= 4 is 0 Å². The molecule has 0 amide bonds. The van der Waals surface area contributed by atoms with Crippen LogP contribution in [-0.4, -0.2) is 36.0 Å². The molecule has 0 N–H and O–H groups in total. The lowest BCUT2D eigenvalue weighted by Gasteiger charge is -2.44. The predicted molar refractivity (Wildman–Crippen MR) is 111 cm³/mol. The molecule has 4 atom stereocenters. The summed E-state index contributed by atoms with van der Waals surface area (Å²) in [6.07, 6.45) is 8.23. The van der Waals surface area contributed by atoms with Crippen LogP contribution < -0.4 is 0 Å². The first-order valence-corrected chi connectivity index (χ1v) is 10.6. The van der Waals surface area contributed by atoms with Gasteiger partial charge in [-0.15, -0.1) is 6.58 Å². The summed E-state index contributed by atoms with van der Waals surface area (Å²) in [4.78, 5) is 0. The maximum absolute atomic E-state index is 6.24. The third kappa shape index (κ3) is 6.41. The lowest BCUT2D eigenvalue weighted by molar-refractivity contribution is -0.321. The highest BCUT2D eigenvalue weighted by atomic mass is 16.7. The zero-order valence-electron chi connectivity index (χ0n) is 17.9. The molecule has 4 heteroatoms. The van der Waals surface area contributed by atoms with E-state index in [-0.39, 0.29) is 24.4 Å². The van der Waals surface area contributed by atoms with E-state index in [1.165, 1.54) is 5.56 Å². The minimum atomic E-state index is -0.586. The Hall–Kier alpha value is -1.20. The Bertz CT molecular complexity index is 625. The van der Waals surface area contributed by atoms with E-state index in [0.717, 1.165) is 38.5 Å². The van der Waals surface area contributed by atoms with Gasteiger partial charge in [-0.05, 0) is 52.5 Å². The molecule has 3 rings (SSSR count). The highest BCUT2D eigenvalue weighted by molar-refractivity contribution is 5.14. The van der Waals surface area contributed by atoms with Crippen LogP contribution in [-0.2, 0) is 25.4 Å². The van der Waals surface area contributed by atoms with Gasteiger partial charge < -0.3 is 18.9 Å². The van der Waals surface area contributed by atoms with E-state index in [1.807, 2.05) is 33.8 Å². The Balaban J connectivity index is 1.53. The third-order valence-electron chi connectivity index (χ3n) is 5.43. The highest BCUT2D eigenvalue weighted by Gasteiger charge is 2.40. The molecule has 0 bridgehead atoms. The zero-order valence-corrected chi connectivity index (χ0v) is 17.9. The molecule has 0 radical (unpaired) electrons. The van der Waals surface area contributed by atoms with Gasteiger partial charge in [-0.2, -0.15) is 0 Å². The normalized spacial score (nSPS) is 32.0. The first kappa shape index (κ1) is 21.5. The van der Waals surface area contributed by atoms with Gasteiger partial charge >= 0.3 is 0 Å². The fourth-order valence-electron chi connectivity index (χ4n) is 4.45. The van der Waals surface area contributed by atoms with E-state index in [2.05, 4.69) is 36.9 Å². The summed E-state index contributed by atoms with van der Waals surface area (Å²) >= 11 is 0. The maximum Gasteiger partial charge on any atom is 0.163 e. The highest BCUT2D eigenvalue weighted by Crippen LogP contribution is 2.35. The maximum atomic E-state index is 6.24. The van der Waals surface area contributed by atoms with Gasteiger partial charge in [-0.3, -0.25) is 0 Å². The van der Waals surface area contributed by atoms with Gasteiger partial charge in [0.25, 0.3) is 0 Å². The van der Waals surface area contributed by atoms with Crippen molar-refractivity contribution in [3.05, 3.63) is 48.6 Å². The largest absolute Gasteiger partial charge is 0.347 e. The Morgan fingerprint density at radius 2 is 1.50 bits per heavy atom. The fourth-order valence-corrected chi connectivity index (χ4v) is 4.45. The molecule has 0 aromatic heterocycles. The van der Waals surface area contributed by atoms with E-state index < -0.39 is 11.6 Å². The summed E-state index contributed by atoms with van der Waals surface area (Å²) in [6, 6.07) is 10.7. The predicted octanol–water partition coefficient (Wildman–Crippen LogP) is 5.41. The molecule has 156 valence electrons. The van der Waals surface area contributed by atoms with Crippen LogP contribution >= 0.6 is 0 Å². The lowest BCUT2D eigenvalue weighted by atomic mass is 9.95. The van der Waals surface area contributed by atoms with Crippen molar-refractivity contribution in [2.24, 2.45) is 0 Å². The van der Waals surface area contributed by atoms with Crippen LogP contribution in [0.1, 0.15) is 65.4 Å². The van der Waals surface area contributed by atoms with Gasteiger partial charge in [0.15, 0.2) is 11.6 Å². The average Bonchev–Trinajstić information content (AvgIpc) is 2.60. The summed E-state index contributed by atoms with van der Waals surface area (Å²) in [7, 11) is 0. The second-order valence-electron chi connectivity index (χ2n) is 9.00. The van der Waals surface area contributed by atoms with E-state index in [1.54, 1.807) is 0 Å². The number of ether oxygens (including phenoxy) is 4. The third-order valence-corrected chi connectivity index (χ3v) is 5.43. The minimum absolute atomic E-state index is 0.0308. The summed E-state index contributed by atoms with van der Waals surface area (Å²) in [5.41, 5.74) is 1.39. The summed E-state index contributed by atoms with van der Waals surface area (Å²) < 4.78 is 24.5. The molecule has 2 aliphatic rings. The molecule has 0 aliphatic carbocycles. The first-order chi connectivity index (χ1) is 13.2. The van der Waals surface area contributed by atoms with Crippen molar-refractivity contribution in [2.45, 2.75) is 102 Å². The second kappa shape index (κ2) is 9.08. The molecule has 1 aromatic rings. The van der Waals surface area contributed by atoms with E-state index in [4.69, 9.17) is 18.9 Å². The van der Waals surface area contributed by atoms with Crippen molar-refractivity contribution in [2.75, 3.05) is 0 Å². The monoisotopic (exact) mass is 388 g/mol. The molecule has 2 heterocycles. The van der Waals surface area contributed by atoms with E-state index >= 15 is 0 Å². The number of hydrogen-bond acceptors (Lipinski definition) is 4. The molecule has 2 saturated heterocycles. The topological polar surface area (TPSA) is 36.9 Å². The fraction of sp³-hybridized carbons (Fsp3) is 0.667. The summed E-state index contributed by atoms with van der Waals surface area (Å²) in [6.45, 7) is 11.9. The van der Waals surface area contributed by atoms with Gasteiger partial charge in [-0.25, -0.2) is 0 Å². The SMILES string of the molecule is C=CC1CC(CC2CC(CCCc3ccccc3)OC(C)(C)O2)OC(C)(C)O1. The van der Waals surface area contributed by atoms with Crippen LogP contribution in [0.2, 0.25) is 0 Å². The Morgan fingerprint density at radius 1 is 0.893 bits per heavy atom. The number of benzene rings is 1. The van der Waals surface area contributed by atoms with E-state index in [9.17, 15) is 0 Å². The van der Waals surface area contributed by atoms with Crippen LogP contribution in [0, 0.1) is 0 Å². The minimum Gasteiger partial charge on any atom is -0.347 e. The summed E-state index contributed by atoms with van der Waals surface area (Å²) in [5.74, 6) is -1.14. The van der Waals surface area contributed by atoms with Crippen LogP contribution in [0.4, 0.5) is 0 Å². The van der Waals surface area contributed by atoms with Crippen LogP contribution in [0.5, 0.6) is 0 Å². The lowest BCUT2D eigenvalue weighted by Crippen LogP contribution is -2.49. The van der Waals surface area contributed by atoms with Crippen LogP contribution in [0.3, 0.4) is 0 Å². The van der Waals surface area contributed by atoms with Crippen molar-refractivity contribution in [1.29, 1.82) is 0 Å². The molecule has 2 fully saturated rings. The first-order valence-electron chi connectivity index (χ1n) is 10.6. The van der Waals surface area contributed by atoms with Gasteiger partial charge in [0.2, 0.25) is 0 Å². The number of aryl methyl sites for hydroxylation is 1. The molecule has 0 spiro atoms. The van der Waals surface area contributed by atoms with Crippen LogP contribution in [0.25, 0.3) is 0 Å². The van der Waals surface area contributed by atoms with E-state index in [0.29, 0.717) is 0 Å². The van der Waals surface area contributed by atoms with Crippen molar-refractivity contribution in [3.8, 4) is 0 Å². The Morgan fingerprint density at radius 3 is 2.18 bits per heavy atom. The smallest absolute Gasteiger partial charge is 0.163 e. The van der Waals surface area contributed by atoms with Gasteiger partial charge in [-0.1, -0.05) is 36.4 Å². The molecule has 4 unspecified atom stereocenters. The average molecular weight is 389 g/mol. The molecular weight excluding hydrogens is 352 g/mol. The Labute approximate surface area is 170 Å². The van der Waals surface area contributed by atoms with Crippen LogP contribution in [0.15, 0.2) is 43.0 Å².